The number of nitrogens with zero attached hydrogens (tertiary/aromatic N) is 1. The first-order valence-corrected chi connectivity index (χ1v) is 11.0. The van der Waals surface area contributed by atoms with Gasteiger partial charge in [0.25, 0.3) is 0 Å². The molecule has 2 amide bonds. The molecular weight excluding hydrogens is 533 g/mol. The molecule has 0 spiro atoms. The lowest BCUT2D eigenvalue weighted by atomic mass is 10.2. The Kier molecular flexibility index (Phi) is 8.21. The summed E-state index contributed by atoms with van der Waals surface area (Å²) in [7, 11) is 0. The van der Waals surface area contributed by atoms with Gasteiger partial charge < -0.3 is 10.1 Å². The molecule has 0 aliphatic heterocycles. The van der Waals surface area contributed by atoms with Gasteiger partial charge in [0.2, 0.25) is 0 Å². The van der Waals surface area contributed by atoms with Gasteiger partial charge in [-0.25, -0.2) is 10.2 Å². The summed E-state index contributed by atoms with van der Waals surface area (Å²) in [6.45, 7) is 1.82. The van der Waals surface area contributed by atoms with Crippen LogP contribution in [0.15, 0.2) is 70.2 Å². The molecule has 0 bridgehead atoms. The van der Waals surface area contributed by atoms with Crippen molar-refractivity contribution in [2.75, 3.05) is 5.32 Å². The van der Waals surface area contributed by atoms with Crippen LogP contribution in [0.25, 0.3) is 0 Å². The van der Waals surface area contributed by atoms with Gasteiger partial charge in [0, 0.05) is 20.7 Å². The lowest BCUT2D eigenvalue weighted by Crippen LogP contribution is -2.32. The molecule has 2 N–H and O–H groups in total. The molecule has 0 aromatic heterocycles. The highest BCUT2D eigenvalue weighted by Gasteiger charge is 2.16. The Labute approximate surface area is 207 Å². The van der Waals surface area contributed by atoms with E-state index in [-0.39, 0.29) is 16.3 Å². The minimum Gasteiger partial charge on any atom is -0.422 e. The van der Waals surface area contributed by atoms with Gasteiger partial charge in [-0.05, 0) is 55.0 Å². The summed E-state index contributed by atoms with van der Waals surface area (Å²) in [5.74, 6) is -2.39. The zero-order valence-corrected chi connectivity index (χ0v) is 20.2. The van der Waals surface area contributed by atoms with Gasteiger partial charge in [-0.1, -0.05) is 57.3 Å². The van der Waals surface area contributed by atoms with Crippen molar-refractivity contribution >= 4 is 68.8 Å². The van der Waals surface area contributed by atoms with Crippen molar-refractivity contribution in [2.45, 2.75) is 6.92 Å². The Bertz CT molecular complexity index is 1260. The average Bonchev–Trinajstić information content (AvgIpc) is 2.78. The van der Waals surface area contributed by atoms with Crippen LogP contribution in [-0.2, 0) is 9.59 Å². The minimum absolute atomic E-state index is 0.180. The van der Waals surface area contributed by atoms with Gasteiger partial charge in [0.05, 0.1) is 16.8 Å². The van der Waals surface area contributed by atoms with Gasteiger partial charge in [-0.3, -0.25) is 9.59 Å². The summed E-state index contributed by atoms with van der Waals surface area (Å²) in [4.78, 5) is 36.6. The van der Waals surface area contributed by atoms with Crippen molar-refractivity contribution in [2.24, 2.45) is 5.10 Å². The predicted molar refractivity (Wildman–Crippen MR) is 131 cm³/mol. The van der Waals surface area contributed by atoms with Crippen LogP contribution < -0.4 is 15.5 Å². The Morgan fingerprint density at radius 1 is 0.970 bits per heavy atom. The third kappa shape index (κ3) is 6.64. The van der Waals surface area contributed by atoms with Crippen LogP contribution in [0, 0.1) is 6.92 Å². The number of halogens is 3. The van der Waals surface area contributed by atoms with E-state index in [0.717, 1.165) is 5.56 Å². The predicted octanol–water partition coefficient (Wildman–Crippen LogP) is 5.37. The highest BCUT2D eigenvalue weighted by molar-refractivity contribution is 9.10. The number of carbonyl (C=O) groups excluding carboxylic acids is 3. The van der Waals surface area contributed by atoms with Crippen molar-refractivity contribution in [3.05, 3.63) is 91.9 Å². The fourth-order valence-electron chi connectivity index (χ4n) is 2.56. The normalized spacial score (nSPS) is 10.7. The monoisotopic (exact) mass is 547 g/mol. The number of aryl methyl sites for hydroxylation is 1. The van der Waals surface area contributed by atoms with Crippen LogP contribution in [0.1, 0.15) is 21.5 Å². The molecule has 0 aliphatic rings. The van der Waals surface area contributed by atoms with Crippen molar-refractivity contribution in [1.29, 1.82) is 0 Å². The first kappa shape index (κ1) is 24.4. The van der Waals surface area contributed by atoms with Gasteiger partial charge in [0.15, 0.2) is 0 Å². The van der Waals surface area contributed by atoms with E-state index in [9.17, 15) is 14.4 Å². The van der Waals surface area contributed by atoms with Crippen LogP contribution in [0.2, 0.25) is 10.0 Å². The molecule has 33 heavy (non-hydrogen) atoms. The Morgan fingerprint density at radius 2 is 1.73 bits per heavy atom. The van der Waals surface area contributed by atoms with E-state index in [1.807, 2.05) is 6.92 Å². The molecule has 168 valence electrons. The smallest absolute Gasteiger partial charge is 0.345 e. The summed E-state index contributed by atoms with van der Waals surface area (Å²) in [6, 6.07) is 16.2. The maximum atomic E-state index is 12.5. The van der Waals surface area contributed by atoms with Crippen LogP contribution in [0.4, 0.5) is 5.69 Å². The maximum absolute atomic E-state index is 12.5. The molecule has 7 nitrogen and oxygen atoms in total. The quantitative estimate of drug-likeness (QED) is 0.147. The average molecular weight is 549 g/mol. The van der Waals surface area contributed by atoms with Crippen molar-refractivity contribution < 1.29 is 19.1 Å². The summed E-state index contributed by atoms with van der Waals surface area (Å²) in [6.07, 6.45) is 1.24. The number of rotatable bonds is 5. The third-order valence-electron chi connectivity index (χ3n) is 4.27. The number of hydrogen-bond acceptors (Lipinski definition) is 5. The molecule has 0 heterocycles. The zero-order chi connectivity index (χ0) is 24.0. The number of hydrogen-bond donors (Lipinski definition) is 2. The number of anilines is 1. The van der Waals surface area contributed by atoms with E-state index in [2.05, 4.69) is 31.8 Å². The molecular formula is C23H16BrCl2N3O4. The first-order valence-electron chi connectivity index (χ1n) is 9.41. The third-order valence-corrected chi connectivity index (χ3v) is 5.50. The summed E-state index contributed by atoms with van der Waals surface area (Å²) in [5.41, 5.74) is 3.91. The molecule has 0 saturated carbocycles. The zero-order valence-electron chi connectivity index (χ0n) is 17.1. The van der Waals surface area contributed by atoms with Crippen LogP contribution in [0.3, 0.4) is 0 Å². The highest BCUT2D eigenvalue weighted by Crippen LogP contribution is 2.24. The van der Waals surface area contributed by atoms with Crippen molar-refractivity contribution in [1.82, 2.24) is 5.43 Å². The molecule has 0 aliphatic carbocycles. The Morgan fingerprint density at radius 3 is 2.45 bits per heavy atom. The van der Waals surface area contributed by atoms with Crippen LogP contribution in [-0.4, -0.2) is 24.0 Å². The lowest BCUT2D eigenvalue weighted by Gasteiger charge is -2.09. The largest absolute Gasteiger partial charge is 0.422 e. The molecule has 3 aromatic carbocycles. The van der Waals surface area contributed by atoms with Crippen LogP contribution in [0.5, 0.6) is 5.75 Å². The number of amides is 2. The number of hydrazone groups is 1. The Balaban J connectivity index is 1.67. The fourth-order valence-corrected chi connectivity index (χ4v) is 3.34. The van der Waals surface area contributed by atoms with E-state index in [1.165, 1.54) is 18.3 Å². The van der Waals surface area contributed by atoms with Crippen LogP contribution >= 0.6 is 39.1 Å². The van der Waals surface area contributed by atoms with E-state index in [4.69, 9.17) is 27.9 Å². The fraction of sp³-hybridized carbons (Fsp3) is 0.0435. The lowest BCUT2D eigenvalue weighted by molar-refractivity contribution is -0.136. The summed E-state index contributed by atoms with van der Waals surface area (Å²) in [5, 5.41) is 6.93. The molecule has 0 radical (unpaired) electrons. The second kappa shape index (κ2) is 11.1. The van der Waals surface area contributed by atoms with E-state index >= 15 is 0 Å². The van der Waals surface area contributed by atoms with Gasteiger partial charge in [0.1, 0.15) is 5.75 Å². The topological polar surface area (TPSA) is 96.9 Å². The SMILES string of the molecule is Cc1ccc(NC(=O)C(=O)N/N=C\c2cc(Br)ccc2OC(=O)c2ccccc2Cl)cc1Cl. The van der Waals surface area contributed by atoms with Gasteiger partial charge in [-0.2, -0.15) is 5.10 Å². The molecule has 0 atom stereocenters. The number of esters is 1. The minimum atomic E-state index is -0.993. The van der Waals surface area contributed by atoms with E-state index in [0.29, 0.717) is 20.7 Å². The highest BCUT2D eigenvalue weighted by atomic mass is 79.9. The molecule has 0 fully saturated rings. The second-order valence-electron chi connectivity index (χ2n) is 6.67. The second-order valence-corrected chi connectivity index (χ2v) is 8.40. The molecule has 0 unspecified atom stereocenters. The van der Waals surface area contributed by atoms with Gasteiger partial charge >= 0.3 is 17.8 Å². The molecule has 10 heteroatoms. The van der Waals surface area contributed by atoms with Gasteiger partial charge in [-0.15, -0.1) is 0 Å². The number of nitrogens with one attached hydrogen (secondary N) is 2. The Hall–Kier alpha value is -3.20. The molecule has 3 rings (SSSR count). The number of ether oxygens (including phenoxy) is 1. The standard InChI is InChI=1S/C23H16BrCl2N3O4/c1-13-6-8-16(11-19(13)26)28-21(30)22(31)29-27-12-14-10-15(24)7-9-20(14)33-23(32)17-4-2-3-5-18(17)25/h2-12H,1H3,(H,28,30)(H,29,31)/b27-12-. The summed E-state index contributed by atoms with van der Waals surface area (Å²) < 4.78 is 6.11. The summed E-state index contributed by atoms with van der Waals surface area (Å²) >= 11 is 15.4. The van der Waals surface area contributed by atoms with Crippen molar-refractivity contribution in [3.63, 3.8) is 0 Å². The van der Waals surface area contributed by atoms with E-state index < -0.39 is 17.8 Å². The van der Waals surface area contributed by atoms with E-state index in [1.54, 1.807) is 48.5 Å². The molecule has 3 aromatic rings. The number of benzene rings is 3. The molecule has 0 saturated heterocycles. The number of carbonyl (C=O) groups is 3. The first-order chi connectivity index (χ1) is 15.7. The van der Waals surface area contributed by atoms with Crippen molar-refractivity contribution in [3.8, 4) is 5.75 Å². The maximum Gasteiger partial charge on any atom is 0.345 e.